The molecule has 3 nitrogen and oxygen atoms in total. The molecule has 0 aliphatic heterocycles. The van der Waals surface area contributed by atoms with Crippen molar-refractivity contribution in [1.29, 1.82) is 5.26 Å². The van der Waals surface area contributed by atoms with Crippen LogP contribution < -0.4 is 11.1 Å². The largest absolute Gasteiger partial charge is 0.397 e. The first-order valence-corrected chi connectivity index (χ1v) is 5.96. The molecule has 0 aliphatic rings. The molecule has 1 atom stereocenters. The van der Waals surface area contributed by atoms with E-state index in [1.807, 2.05) is 6.07 Å². The third kappa shape index (κ3) is 2.87. The van der Waals surface area contributed by atoms with Gasteiger partial charge in [0.15, 0.2) is 0 Å². The van der Waals surface area contributed by atoms with E-state index in [1.165, 1.54) is 11.3 Å². The highest BCUT2D eigenvalue weighted by molar-refractivity contribution is 7.17. The summed E-state index contributed by atoms with van der Waals surface area (Å²) in [5.74, 6) is 0.573. The van der Waals surface area contributed by atoms with Crippen molar-refractivity contribution in [2.45, 2.75) is 33.2 Å². The van der Waals surface area contributed by atoms with Gasteiger partial charge in [0.05, 0.1) is 10.7 Å². The van der Waals surface area contributed by atoms with Crippen molar-refractivity contribution in [3.63, 3.8) is 0 Å². The highest BCUT2D eigenvalue weighted by Gasteiger charge is 2.13. The number of nitrogens with zero attached hydrogens (tertiary/aromatic N) is 1. The van der Waals surface area contributed by atoms with E-state index < -0.39 is 0 Å². The van der Waals surface area contributed by atoms with Crippen molar-refractivity contribution < 1.29 is 0 Å². The van der Waals surface area contributed by atoms with Gasteiger partial charge in [-0.05, 0) is 18.4 Å². The molecule has 4 heteroatoms. The minimum absolute atomic E-state index is 0.439. The molecular formula is C11H17N3S. The summed E-state index contributed by atoms with van der Waals surface area (Å²) < 4.78 is 0. The summed E-state index contributed by atoms with van der Waals surface area (Å²) >= 11 is 1.42. The zero-order valence-electron chi connectivity index (χ0n) is 9.37. The molecule has 0 aromatic carbocycles. The third-order valence-corrected chi connectivity index (χ3v) is 3.42. The predicted molar refractivity (Wildman–Crippen MR) is 66.0 cm³/mol. The van der Waals surface area contributed by atoms with Gasteiger partial charge >= 0.3 is 0 Å². The number of anilines is 2. The van der Waals surface area contributed by atoms with Crippen molar-refractivity contribution >= 4 is 22.0 Å². The maximum atomic E-state index is 8.78. The molecule has 0 radical (unpaired) electrons. The molecule has 0 spiro atoms. The number of nitrogens with two attached hydrogens (primary N) is 1. The zero-order valence-corrected chi connectivity index (χ0v) is 10.2. The zero-order chi connectivity index (χ0) is 11.4. The van der Waals surface area contributed by atoms with Crippen molar-refractivity contribution in [3.05, 3.63) is 10.9 Å². The van der Waals surface area contributed by atoms with Crippen LogP contribution in [0.5, 0.6) is 0 Å². The molecule has 0 aliphatic carbocycles. The molecule has 0 fully saturated rings. The summed E-state index contributed by atoms with van der Waals surface area (Å²) in [6.45, 7) is 6.52. The van der Waals surface area contributed by atoms with Crippen LogP contribution in [0.15, 0.2) is 6.07 Å². The minimum Gasteiger partial charge on any atom is -0.397 e. The van der Waals surface area contributed by atoms with Crippen molar-refractivity contribution in [2.24, 2.45) is 5.92 Å². The number of nitrogens with one attached hydrogen (secondary N) is 1. The molecule has 82 valence electrons. The fraction of sp³-hybridized carbons (Fsp3) is 0.545. The lowest BCUT2D eigenvalue weighted by Crippen LogP contribution is -2.23. The number of nitriles is 1. The Morgan fingerprint density at radius 2 is 2.27 bits per heavy atom. The minimum atomic E-state index is 0.439. The van der Waals surface area contributed by atoms with E-state index in [-0.39, 0.29) is 0 Å². The summed E-state index contributed by atoms with van der Waals surface area (Å²) in [5, 5.41) is 13.2. The second-order valence-corrected chi connectivity index (χ2v) is 4.96. The molecular weight excluding hydrogens is 206 g/mol. The second-order valence-electron chi connectivity index (χ2n) is 3.91. The quantitative estimate of drug-likeness (QED) is 0.824. The molecule has 0 amide bonds. The van der Waals surface area contributed by atoms with Crippen LogP contribution in [0.25, 0.3) is 0 Å². The highest BCUT2D eigenvalue weighted by Crippen LogP contribution is 2.29. The number of rotatable bonds is 4. The second kappa shape index (κ2) is 5.04. The molecule has 0 bridgehead atoms. The first-order valence-electron chi connectivity index (χ1n) is 5.14. The highest BCUT2D eigenvalue weighted by atomic mass is 32.1. The first kappa shape index (κ1) is 11.9. The Morgan fingerprint density at radius 3 is 2.67 bits per heavy atom. The fourth-order valence-corrected chi connectivity index (χ4v) is 2.33. The summed E-state index contributed by atoms with van der Waals surface area (Å²) in [6.07, 6.45) is 1.07. The van der Waals surface area contributed by atoms with Gasteiger partial charge in [0.1, 0.15) is 10.9 Å². The van der Waals surface area contributed by atoms with Crippen LogP contribution in [0.3, 0.4) is 0 Å². The van der Waals surface area contributed by atoms with E-state index in [9.17, 15) is 0 Å². The SMILES string of the molecule is CCC(Nc1cc(N)c(C#N)s1)C(C)C. The first-order chi connectivity index (χ1) is 7.08. The standard InChI is InChI=1S/C11H17N3S/c1-4-9(7(2)3)14-11-5-8(13)10(6-12)15-11/h5,7,9,14H,4,13H2,1-3H3. The average Bonchev–Trinajstić information content (AvgIpc) is 2.54. The molecule has 3 N–H and O–H groups in total. The summed E-state index contributed by atoms with van der Waals surface area (Å²) in [4.78, 5) is 0.594. The van der Waals surface area contributed by atoms with Gasteiger partial charge in [-0.2, -0.15) is 5.26 Å². The van der Waals surface area contributed by atoms with Gasteiger partial charge in [-0.15, -0.1) is 11.3 Å². The third-order valence-electron chi connectivity index (χ3n) is 2.43. The Hall–Kier alpha value is -1.21. The van der Waals surface area contributed by atoms with Gasteiger partial charge < -0.3 is 11.1 Å². The molecule has 1 aromatic rings. The van der Waals surface area contributed by atoms with Crippen molar-refractivity contribution in [2.75, 3.05) is 11.1 Å². The topological polar surface area (TPSA) is 61.8 Å². The fourth-order valence-electron chi connectivity index (χ4n) is 1.49. The van der Waals surface area contributed by atoms with Gasteiger partial charge in [0, 0.05) is 6.04 Å². The number of thiophene rings is 1. The Bertz CT molecular complexity index is 362. The lowest BCUT2D eigenvalue weighted by Gasteiger charge is -2.20. The summed E-state index contributed by atoms with van der Waals surface area (Å²) in [7, 11) is 0. The van der Waals surface area contributed by atoms with E-state index in [0.717, 1.165) is 11.4 Å². The Kier molecular flexibility index (Phi) is 3.98. The number of hydrogen-bond acceptors (Lipinski definition) is 4. The van der Waals surface area contributed by atoms with Crippen LogP contribution in [-0.2, 0) is 0 Å². The molecule has 1 unspecified atom stereocenters. The smallest absolute Gasteiger partial charge is 0.129 e. The molecule has 1 aromatic heterocycles. The molecule has 0 saturated heterocycles. The van der Waals surface area contributed by atoms with Gasteiger partial charge in [-0.1, -0.05) is 20.8 Å². The Labute approximate surface area is 94.9 Å². The van der Waals surface area contributed by atoms with E-state index in [0.29, 0.717) is 22.5 Å². The van der Waals surface area contributed by atoms with E-state index in [2.05, 4.69) is 32.2 Å². The lowest BCUT2D eigenvalue weighted by molar-refractivity contribution is 0.512. The Balaban J connectivity index is 2.76. The monoisotopic (exact) mass is 223 g/mol. The van der Waals surface area contributed by atoms with Crippen molar-refractivity contribution in [3.8, 4) is 6.07 Å². The lowest BCUT2D eigenvalue weighted by atomic mass is 10.0. The van der Waals surface area contributed by atoms with Crippen LogP contribution in [0, 0.1) is 17.2 Å². The van der Waals surface area contributed by atoms with Crippen LogP contribution in [0.1, 0.15) is 32.1 Å². The molecule has 1 heterocycles. The molecule has 15 heavy (non-hydrogen) atoms. The van der Waals surface area contributed by atoms with Crippen LogP contribution in [0.2, 0.25) is 0 Å². The maximum absolute atomic E-state index is 8.78. The van der Waals surface area contributed by atoms with Crippen LogP contribution in [0.4, 0.5) is 10.7 Å². The van der Waals surface area contributed by atoms with Gasteiger partial charge in [-0.3, -0.25) is 0 Å². The Morgan fingerprint density at radius 1 is 1.60 bits per heavy atom. The van der Waals surface area contributed by atoms with Crippen molar-refractivity contribution in [1.82, 2.24) is 0 Å². The van der Waals surface area contributed by atoms with Crippen LogP contribution >= 0.6 is 11.3 Å². The normalized spacial score (nSPS) is 12.5. The molecule has 1 rings (SSSR count). The molecule has 0 saturated carbocycles. The average molecular weight is 223 g/mol. The van der Waals surface area contributed by atoms with Crippen LogP contribution in [-0.4, -0.2) is 6.04 Å². The van der Waals surface area contributed by atoms with E-state index in [1.54, 1.807) is 0 Å². The van der Waals surface area contributed by atoms with Gasteiger partial charge in [0.2, 0.25) is 0 Å². The van der Waals surface area contributed by atoms with E-state index >= 15 is 0 Å². The summed E-state index contributed by atoms with van der Waals surface area (Å²) in [5.41, 5.74) is 6.27. The maximum Gasteiger partial charge on any atom is 0.129 e. The van der Waals surface area contributed by atoms with Gasteiger partial charge in [-0.25, -0.2) is 0 Å². The summed E-state index contributed by atoms with van der Waals surface area (Å²) in [6, 6.07) is 4.37. The predicted octanol–water partition coefficient (Wildman–Crippen LogP) is 3.05. The number of hydrogen-bond donors (Lipinski definition) is 2. The van der Waals surface area contributed by atoms with E-state index in [4.69, 9.17) is 11.0 Å². The van der Waals surface area contributed by atoms with Gasteiger partial charge in [0.25, 0.3) is 0 Å². The number of nitrogen functional groups attached to an aromatic ring is 1.